The molecule has 1 aromatic rings. The highest BCUT2D eigenvalue weighted by Gasteiger charge is 2.14. The van der Waals surface area contributed by atoms with E-state index in [1.807, 2.05) is 6.07 Å². The van der Waals surface area contributed by atoms with Crippen LogP contribution in [-0.4, -0.2) is 15.1 Å². The summed E-state index contributed by atoms with van der Waals surface area (Å²) in [6.45, 7) is 6.40. The number of benzene rings is 1. The van der Waals surface area contributed by atoms with Gasteiger partial charge in [0.05, 0.1) is 0 Å². The Morgan fingerprint density at radius 1 is 1.23 bits per heavy atom. The highest BCUT2D eigenvalue weighted by Crippen LogP contribution is 2.00. The van der Waals surface area contributed by atoms with E-state index >= 15 is 0 Å². The third-order valence-electron chi connectivity index (χ3n) is 1.79. The fourth-order valence-electron chi connectivity index (χ4n) is 1.26. The van der Waals surface area contributed by atoms with E-state index < -0.39 is 9.04 Å². The summed E-state index contributed by atoms with van der Waals surface area (Å²) in [5.41, 5.74) is 0. The van der Waals surface area contributed by atoms with E-state index in [1.54, 1.807) is 0 Å². The van der Waals surface area contributed by atoms with Gasteiger partial charge in [-0.05, 0) is 25.1 Å². The van der Waals surface area contributed by atoms with E-state index in [-0.39, 0.29) is 0 Å². The van der Waals surface area contributed by atoms with Gasteiger partial charge in [0.15, 0.2) is 0 Å². The minimum absolute atomic E-state index is 0.342. The Morgan fingerprint density at radius 2 is 1.85 bits per heavy atom. The van der Waals surface area contributed by atoms with Gasteiger partial charge in [-0.3, -0.25) is 0 Å². The molecule has 0 spiro atoms. The maximum absolute atomic E-state index is 5.89. The van der Waals surface area contributed by atoms with Crippen LogP contribution >= 0.6 is 0 Å². The summed E-state index contributed by atoms with van der Waals surface area (Å²) < 4.78 is 5.89. The van der Waals surface area contributed by atoms with Crippen molar-refractivity contribution in [1.82, 2.24) is 0 Å². The van der Waals surface area contributed by atoms with Crippen LogP contribution in [-0.2, 0) is 4.43 Å². The van der Waals surface area contributed by atoms with Gasteiger partial charge < -0.3 is 4.43 Å². The zero-order valence-corrected chi connectivity index (χ0v) is 9.58. The molecule has 0 saturated carbocycles. The molecule has 0 bridgehead atoms. The molecule has 0 aliphatic carbocycles. The van der Waals surface area contributed by atoms with Gasteiger partial charge in [-0.25, -0.2) is 0 Å². The van der Waals surface area contributed by atoms with Gasteiger partial charge in [0, 0.05) is 6.10 Å². The topological polar surface area (TPSA) is 9.23 Å². The minimum Gasteiger partial charge on any atom is -0.409 e. The first kappa shape index (κ1) is 10.5. The molecule has 0 amide bonds. The molecule has 1 aromatic carbocycles. The van der Waals surface area contributed by atoms with Crippen molar-refractivity contribution in [2.45, 2.75) is 32.9 Å². The molecule has 2 heteroatoms. The van der Waals surface area contributed by atoms with E-state index in [1.165, 1.54) is 5.19 Å². The summed E-state index contributed by atoms with van der Waals surface area (Å²) >= 11 is 0. The van der Waals surface area contributed by atoms with E-state index in [9.17, 15) is 0 Å². The second-order valence-corrected chi connectivity index (χ2v) is 5.68. The van der Waals surface area contributed by atoms with Crippen LogP contribution in [0.3, 0.4) is 0 Å². The molecule has 0 aliphatic rings. The standard InChI is InChI=1S/C11H17OSi/c1-4-13(12-10(2)3)11-8-6-5-7-9-11/h5-10H,4H2,1-3H3. The monoisotopic (exact) mass is 193 g/mol. The highest BCUT2D eigenvalue weighted by atomic mass is 28.3. The molecule has 0 fully saturated rings. The smallest absolute Gasteiger partial charge is 0.246 e. The number of hydrogen-bond acceptors (Lipinski definition) is 1. The Labute approximate surface area is 82.5 Å². The minimum atomic E-state index is -0.761. The van der Waals surface area contributed by atoms with Crippen molar-refractivity contribution < 1.29 is 4.43 Å². The molecule has 0 aromatic heterocycles. The molecule has 1 nitrogen and oxygen atoms in total. The Morgan fingerprint density at radius 3 is 2.31 bits per heavy atom. The summed E-state index contributed by atoms with van der Waals surface area (Å²) in [6, 6.07) is 11.7. The second-order valence-electron chi connectivity index (χ2n) is 3.31. The molecular weight excluding hydrogens is 176 g/mol. The summed E-state index contributed by atoms with van der Waals surface area (Å²) in [7, 11) is -0.761. The largest absolute Gasteiger partial charge is 0.409 e. The van der Waals surface area contributed by atoms with E-state index in [4.69, 9.17) is 4.43 Å². The van der Waals surface area contributed by atoms with Crippen LogP contribution in [0.2, 0.25) is 6.04 Å². The summed E-state index contributed by atoms with van der Waals surface area (Å²) in [5, 5.41) is 1.38. The average Bonchev–Trinajstić information content (AvgIpc) is 2.15. The lowest BCUT2D eigenvalue weighted by Crippen LogP contribution is -2.34. The first-order valence-corrected chi connectivity index (χ1v) is 6.43. The molecule has 71 valence electrons. The molecule has 0 saturated heterocycles. The van der Waals surface area contributed by atoms with E-state index in [0.717, 1.165) is 6.04 Å². The molecule has 13 heavy (non-hydrogen) atoms. The Balaban J connectivity index is 2.67. The first-order chi connectivity index (χ1) is 6.24. The zero-order valence-electron chi connectivity index (χ0n) is 8.58. The quantitative estimate of drug-likeness (QED) is 0.667. The van der Waals surface area contributed by atoms with Crippen molar-refractivity contribution in [2.75, 3.05) is 0 Å². The van der Waals surface area contributed by atoms with Crippen molar-refractivity contribution in [1.29, 1.82) is 0 Å². The lowest BCUT2D eigenvalue weighted by molar-refractivity contribution is 0.248. The Kier molecular flexibility index (Phi) is 4.19. The van der Waals surface area contributed by atoms with Crippen molar-refractivity contribution in [3.8, 4) is 0 Å². The molecular formula is C11H17OSi. The SMILES string of the molecule is CC[Si](OC(C)C)c1ccccc1. The van der Waals surface area contributed by atoms with E-state index in [0.29, 0.717) is 6.10 Å². The molecule has 0 heterocycles. The van der Waals surface area contributed by atoms with Gasteiger partial charge in [-0.2, -0.15) is 0 Å². The molecule has 0 aliphatic heterocycles. The lowest BCUT2D eigenvalue weighted by atomic mass is 10.4. The van der Waals surface area contributed by atoms with Gasteiger partial charge in [0.2, 0.25) is 9.04 Å². The van der Waals surface area contributed by atoms with Crippen LogP contribution in [0.4, 0.5) is 0 Å². The number of hydrogen-bond donors (Lipinski definition) is 0. The van der Waals surface area contributed by atoms with E-state index in [2.05, 4.69) is 45.0 Å². The van der Waals surface area contributed by atoms with Crippen molar-refractivity contribution in [2.24, 2.45) is 0 Å². The maximum atomic E-state index is 5.89. The zero-order chi connectivity index (χ0) is 9.68. The predicted octanol–water partition coefficient (Wildman–Crippen LogP) is 2.33. The van der Waals surface area contributed by atoms with Gasteiger partial charge >= 0.3 is 0 Å². The van der Waals surface area contributed by atoms with Crippen molar-refractivity contribution >= 4 is 14.2 Å². The summed E-state index contributed by atoms with van der Waals surface area (Å²) in [5.74, 6) is 0. The third kappa shape index (κ3) is 3.33. The van der Waals surface area contributed by atoms with Gasteiger partial charge in [0.1, 0.15) is 0 Å². The summed E-state index contributed by atoms with van der Waals surface area (Å²) in [6.07, 6.45) is 0.342. The van der Waals surface area contributed by atoms with Crippen molar-refractivity contribution in [3.63, 3.8) is 0 Å². The second kappa shape index (κ2) is 5.20. The molecule has 1 rings (SSSR count). The first-order valence-electron chi connectivity index (χ1n) is 4.82. The van der Waals surface area contributed by atoms with Crippen LogP contribution in [0.5, 0.6) is 0 Å². The molecule has 0 unspecified atom stereocenters. The number of rotatable bonds is 4. The molecule has 0 atom stereocenters. The highest BCUT2D eigenvalue weighted by molar-refractivity contribution is 6.67. The molecule has 1 radical (unpaired) electrons. The fourth-order valence-corrected chi connectivity index (χ4v) is 3.11. The summed E-state index contributed by atoms with van der Waals surface area (Å²) in [4.78, 5) is 0. The predicted molar refractivity (Wildman–Crippen MR) is 58.5 cm³/mol. The third-order valence-corrected chi connectivity index (χ3v) is 4.17. The molecule has 0 N–H and O–H groups in total. The maximum Gasteiger partial charge on any atom is 0.246 e. The van der Waals surface area contributed by atoms with Crippen LogP contribution in [0, 0.1) is 0 Å². The average molecular weight is 193 g/mol. The van der Waals surface area contributed by atoms with Crippen LogP contribution < -0.4 is 5.19 Å². The van der Waals surface area contributed by atoms with Gasteiger partial charge in [-0.1, -0.05) is 37.3 Å². The van der Waals surface area contributed by atoms with Crippen LogP contribution in [0.15, 0.2) is 30.3 Å². The Hall–Kier alpha value is -0.603. The van der Waals surface area contributed by atoms with Crippen molar-refractivity contribution in [3.05, 3.63) is 30.3 Å². The fraction of sp³-hybridized carbons (Fsp3) is 0.455. The van der Waals surface area contributed by atoms with Crippen LogP contribution in [0.25, 0.3) is 0 Å². The van der Waals surface area contributed by atoms with Gasteiger partial charge in [0.25, 0.3) is 0 Å². The Bertz CT molecular complexity index is 233. The normalized spacial score (nSPS) is 11.2. The van der Waals surface area contributed by atoms with Crippen LogP contribution in [0.1, 0.15) is 20.8 Å². The van der Waals surface area contributed by atoms with Gasteiger partial charge in [-0.15, -0.1) is 0 Å². The lowest BCUT2D eigenvalue weighted by Gasteiger charge is -2.16.